The van der Waals surface area contributed by atoms with Crippen LogP contribution in [0.15, 0.2) is 29.1 Å². The summed E-state index contributed by atoms with van der Waals surface area (Å²) in [6, 6.07) is 6.83. The Bertz CT molecular complexity index is 859. The number of hydrogen-bond donors (Lipinski definition) is 1. The maximum absolute atomic E-state index is 11.4. The van der Waals surface area contributed by atoms with E-state index >= 15 is 0 Å². The number of rotatable bonds is 0. The molecule has 0 fully saturated rings. The monoisotopic (exact) mass is 482 g/mol. The SMILES string of the molecule is C.CI.Cc1ccc2c(n1)CCCC2=O.O=C1CCCc2[nH]c(=O)ccc21. The lowest BCUT2D eigenvalue weighted by Crippen LogP contribution is -2.17. The molecule has 5 nitrogen and oxygen atoms in total. The maximum atomic E-state index is 11.4. The number of Topliss-reactive ketones (excluding diaryl/α,β-unsaturated/α-hetero) is 2. The van der Waals surface area contributed by atoms with Gasteiger partial charge in [0.2, 0.25) is 5.56 Å². The van der Waals surface area contributed by atoms with Crippen molar-refractivity contribution in [1.82, 2.24) is 9.97 Å². The molecule has 2 heterocycles. The Morgan fingerprint density at radius 2 is 1.44 bits per heavy atom. The van der Waals surface area contributed by atoms with Crippen LogP contribution in [0.25, 0.3) is 0 Å². The average molecular weight is 482 g/mol. The Morgan fingerprint density at radius 1 is 0.852 bits per heavy atom. The number of nitrogens with zero attached hydrogens (tertiary/aromatic N) is 1. The molecule has 0 aromatic carbocycles. The van der Waals surface area contributed by atoms with Gasteiger partial charge in [-0.05, 0) is 55.7 Å². The van der Waals surface area contributed by atoms with Gasteiger partial charge in [-0.2, -0.15) is 0 Å². The van der Waals surface area contributed by atoms with Gasteiger partial charge in [0.25, 0.3) is 0 Å². The molecule has 2 aliphatic rings. The van der Waals surface area contributed by atoms with Gasteiger partial charge in [-0.1, -0.05) is 30.0 Å². The predicted octanol–water partition coefficient (Wildman–Crippen LogP) is 4.49. The smallest absolute Gasteiger partial charge is 0.248 e. The second-order valence-electron chi connectivity index (χ2n) is 6.22. The van der Waals surface area contributed by atoms with E-state index < -0.39 is 0 Å². The van der Waals surface area contributed by atoms with Crippen LogP contribution in [-0.2, 0) is 12.8 Å². The van der Waals surface area contributed by atoms with E-state index in [1.54, 1.807) is 6.07 Å². The molecule has 27 heavy (non-hydrogen) atoms. The summed E-state index contributed by atoms with van der Waals surface area (Å²) in [5, 5.41) is 0. The summed E-state index contributed by atoms with van der Waals surface area (Å²) in [5.41, 5.74) is 4.21. The van der Waals surface area contributed by atoms with Crippen molar-refractivity contribution < 1.29 is 9.59 Å². The minimum Gasteiger partial charge on any atom is -0.325 e. The van der Waals surface area contributed by atoms with Crippen molar-refractivity contribution >= 4 is 34.2 Å². The number of nitrogens with one attached hydrogen (secondary N) is 1. The average Bonchev–Trinajstić information content (AvgIpc) is 2.64. The lowest BCUT2D eigenvalue weighted by atomic mass is 9.95. The van der Waals surface area contributed by atoms with Crippen molar-refractivity contribution in [1.29, 1.82) is 0 Å². The van der Waals surface area contributed by atoms with Gasteiger partial charge < -0.3 is 4.98 Å². The summed E-state index contributed by atoms with van der Waals surface area (Å²) in [6.45, 7) is 1.96. The van der Waals surface area contributed by atoms with Gasteiger partial charge in [0.05, 0.1) is 5.69 Å². The molecule has 2 aromatic heterocycles. The predicted molar refractivity (Wildman–Crippen MR) is 117 cm³/mol. The molecule has 0 saturated carbocycles. The Hall–Kier alpha value is -1.83. The quantitative estimate of drug-likeness (QED) is 0.443. The molecular formula is C21H27IN2O3. The van der Waals surface area contributed by atoms with Gasteiger partial charge >= 0.3 is 0 Å². The van der Waals surface area contributed by atoms with Crippen LogP contribution < -0.4 is 5.56 Å². The summed E-state index contributed by atoms with van der Waals surface area (Å²) < 4.78 is 0. The van der Waals surface area contributed by atoms with Crippen molar-refractivity contribution in [3.63, 3.8) is 0 Å². The Kier molecular flexibility index (Phi) is 9.55. The third-order valence-corrected chi connectivity index (χ3v) is 4.36. The summed E-state index contributed by atoms with van der Waals surface area (Å²) in [7, 11) is 0. The first kappa shape index (κ1) is 23.2. The molecular weight excluding hydrogens is 455 g/mol. The standard InChI is InChI=1S/C10H11NO.C9H9NO2.CH3I.CH4/c1-7-5-6-8-9(11-7)3-2-4-10(8)12;11-8-3-1-2-7-6(8)4-5-9(12)10-7;1-2;/h5-6H,2-4H2,1H3;4-5H,1-3H2,(H,10,12);1H3;1H4. The third kappa shape index (κ3) is 6.09. The lowest BCUT2D eigenvalue weighted by Gasteiger charge is -2.13. The molecule has 146 valence electrons. The van der Waals surface area contributed by atoms with E-state index in [0.29, 0.717) is 18.4 Å². The number of carbonyl (C=O) groups excluding carboxylic acids is 2. The zero-order valence-corrected chi connectivity index (χ0v) is 17.3. The van der Waals surface area contributed by atoms with Crippen LogP contribution in [0, 0.1) is 6.92 Å². The number of pyridine rings is 2. The number of aromatic amines is 1. The largest absolute Gasteiger partial charge is 0.325 e. The first-order valence-electron chi connectivity index (χ1n) is 8.67. The molecule has 0 radical (unpaired) electrons. The Labute approximate surface area is 174 Å². The van der Waals surface area contributed by atoms with Gasteiger partial charge in [-0.3, -0.25) is 19.4 Å². The van der Waals surface area contributed by atoms with Crippen LogP contribution in [0.1, 0.15) is 70.9 Å². The van der Waals surface area contributed by atoms with E-state index in [9.17, 15) is 14.4 Å². The van der Waals surface area contributed by atoms with Crippen molar-refractivity contribution in [3.05, 3.63) is 62.8 Å². The molecule has 0 unspecified atom stereocenters. The maximum Gasteiger partial charge on any atom is 0.248 e. The van der Waals surface area contributed by atoms with E-state index in [-0.39, 0.29) is 24.6 Å². The van der Waals surface area contributed by atoms with Crippen LogP contribution in [0.5, 0.6) is 0 Å². The van der Waals surface area contributed by atoms with Crippen LogP contribution >= 0.6 is 22.6 Å². The molecule has 2 aliphatic carbocycles. The zero-order valence-electron chi connectivity index (χ0n) is 15.1. The van der Waals surface area contributed by atoms with E-state index in [0.717, 1.165) is 48.3 Å². The second kappa shape index (κ2) is 11.1. The van der Waals surface area contributed by atoms with Gasteiger partial charge in [0, 0.05) is 41.4 Å². The van der Waals surface area contributed by atoms with E-state index in [1.165, 1.54) is 6.07 Å². The van der Waals surface area contributed by atoms with Crippen molar-refractivity contribution in [3.8, 4) is 0 Å². The molecule has 2 aromatic rings. The van der Waals surface area contributed by atoms with Crippen molar-refractivity contribution in [2.75, 3.05) is 4.93 Å². The zero-order chi connectivity index (χ0) is 19.1. The highest BCUT2D eigenvalue weighted by Crippen LogP contribution is 2.19. The van der Waals surface area contributed by atoms with E-state index in [4.69, 9.17) is 0 Å². The molecule has 1 N–H and O–H groups in total. The van der Waals surface area contributed by atoms with E-state index in [1.807, 2.05) is 24.0 Å². The minimum absolute atomic E-state index is 0. The first-order valence-corrected chi connectivity index (χ1v) is 10.8. The fourth-order valence-electron chi connectivity index (χ4n) is 3.14. The summed E-state index contributed by atoms with van der Waals surface area (Å²) >= 11 is 2.15. The van der Waals surface area contributed by atoms with Gasteiger partial charge in [-0.25, -0.2) is 0 Å². The number of H-pyrrole nitrogens is 1. The summed E-state index contributed by atoms with van der Waals surface area (Å²) in [6.07, 6.45) is 4.89. The number of hydrogen-bond acceptors (Lipinski definition) is 4. The highest BCUT2D eigenvalue weighted by molar-refractivity contribution is 14.1. The minimum atomic E-state index is -0.122. The first-order chi connectivity index (χ1) is 12.5. The molecule has 0 aliphatic heterocycles. The highest BCUT2D eigenvalue weighted by atomic mass is 127. The Balaban J connectivity index is 0.000000239. The molecule has 0 bridgehead atoms. The fourth-order valence-corrected chi connectivity index (χ4v) is 3.14. The normalized spacial score (nSPS) is 14.3. The number of ketones is 2. The van der Waals surface area contributed by atoms with Crippen LogP contribution in [0.3, 0.4) is 0 Å². The summed E-state index contributed by atoms with van der Waals surface area (Å²) in [4.78, 5) is 42.5. The lowest BCUT2D eigenvalue weighted by molar-refractivity contribution is 0.0963. The van der Waals surface area contributed by atoms with Crippen molar-refractivity contribution in [2.24, 2.45) is 0 Å². The fraction of sp³-hybridized carbons (Fsp3) is 0.429. The number of carbonyl (C=O) groups is 2. The number of aryl methyl sites for hydroxylation is 3. The topological polar surface area (TPSA) is 79.9 Å². The van der Waals surface area contributed by atoms with Crippen molar-refractivity contribution in [2.45, 2.75) is 52.9 Å². The van der Waals surface area contributed by atoms with Crippen LogP contribution in [-0.4, -0.2) is 26.5 Å². The number of aromatic nitrogens is 2. The van der Waals surface area contributed by atoms with Crippen LogP contribution in [0.2, 0.25) is 0 Å². The van der Waals surface area contributed by atoms with Gasteiger partial charge in [0.1, 0.15) is 0 Å². The molecule has 6 heteroatoms. The summed E-state index contributed by atoms with van der Waals surface area (Å²) in [5.74, 6) is 0.399. The van der Waals surface area contributed by atoms with E-state index in [2.05, 4.69) is 32.6 Å². The molecule has 4 rings (SSSR count). The molecule has 0 saturated heterocycles. The number of halogens is 1. The van der Waals surface area contributed by atoms with Gasteiger partial charge in [0.15, 0.2) is 11.6 Å². The number of fused-ring (bicyclic) bond motifs is 2. The third-order valence-electron chi connectivity index (χ3n) is 4.36. The molecule has 0 amide bonds. The van der Waals surface area contributed by atoms with Crippen LogP contribution in [0.4, 0.5) is 0 Å². The molecule has 0 atom stereocenters. The Morgan fingerprint density at radius 3 is 2.15 bits per heavy atom. The van der Waals surface area contributed by atoms with Gasteiger partial charge in [-0.15, -0.1) is 0 Å². The highest BCUT2D eigenvalue weighted by Gasteiger charge is 2.18. The molecule has 0 spiro atoms. The number of alkyl halides is 1. The second-order valence-corrected chi connectivity index (χ2v) is 6.22.